The van der Waals surface area contributed by atoms with E-state index in [2.05, 4.69) is 105 Å². The van der Waals surface area contributed by atoms with Gasteiger partial charge in [-0.1, -0.05) is 88.4 Å². The molecule has 0 aliphatic carbocycles. The molecule has 2 aromatic rings. The van der Waals surface area contributed by atoms with Gasteiger partial charge < -0.3 is 9.47 Å². The summed E-state index contributed by atoms with van der Waals surface area (Å²) in [7, 11) is 1.25. The van der Waals surface area contributed by atoms with Crippen molar-refractivity contribution in [1.29, 1.82) is 0 Å². The van der Waals surface area contributed by atoms with Gasteiger partial charge in [-0.15, -0.1) is 0 Å². The van der Waals surface area contributed by atoms with Crippen LogP contribution >= 0.6 is 28.5 Å². The van der Waals surface area contributed by atoms with Gasteiger partial charge >= 0.3 is 39.3 Å². The molecule has 0 radical (unpaired) electrons. The predicted octanol–water partition coefficient (Wildman–Crippen LogP) is 8.52. The first kappa shape index (κ1) is 27.4. The summed E-state index contributed by atoms with van der Waals surface area (Å²) in [6.45, 7) is 8.75. The molecule has 0 amide bonds. The average molecular weight is 637 g/mol. The maximum atomic E-state index is 6.54. The Kier molecular flexibility index (Phi) is 10.2. The number of benzene rings is 2. The van der Waals surface area contributed by atoms with Gasteiger partial charge in [0.15, 0.2) is 11.8 Å². The average Bonchev–Trinajstić information content (AvgIpc) is 3.44. The topological polar surface area (TPSA) is 43.2 Å². The molecule has 0 saturated carbocycles. The molecule has 0 N–H and O–H groups in total. The first-order valence-electron chi connectivity index (χ1n) is 11.9. The minimum absolute atomic E-state index is 0.00716. The number of hydrogen-bond acceptors (Lipinski definition) is 4. The third kappa shape index (κ3) is 5.79. The van der Waals surface area contributed by atoms with E-state index >= 15 is 0 Å². The Bertz CT molecular complexity index is 884. The number of nitrogens with zero attached hydrogens (tertiary/aromatic N) is 2. The van der Waals surface area contributed by atoms with Crippen molar-refractivity contribution in [1.82, 2.24) is 0 Å². The van der Waals surface area contributed by atoms with Crippen LogP contribution in [0.25, 0.3) is 0 Å². The number of rotatable bonds is 8. The second-order valence-electron chi connectivity index (χ2n) is 8.64. The summed E-state index contributed by atoms with van der Waals surface area (Å²) in [5.41, 5.74) is 1.80. The van der Waals surface area contributed by atoms with Crippen LogP contribution in [0.2, 0.25) is 0 Å². The van der Waals surface area contributed by atoms with E-state index in [1.807, 2.05) is 12.1 Å². The third-order valence-corrected chi connectivity index (χ3v) is 7.11. The fourth-order valence-electron chi connectivity index (χ4n) is 5.04. The van der Waals surface area contributed by atoms with Crippen molar-refractivity contribution >= 4 is 40.2 Å². The summed E-state index contributed by atoms with van der Waals surface area (Å²) in [6.07, 6.45) is 4.14. The summed E-state index contributed by atoms with van der Waals surface area (Å²) in [5, 5.41) is 0. The fourth-order valence-corrected chi connectivity index (χ4v) is 5.04. The summed E-state index contributed by atoms with van der Waals surface area (Å²) in [5.74, 6) is 1.48. The van der Waals surface area contributed by atoms with E-state index in [4.69, 9.17) is 19.5 Å². The Labute approximate surface area is 224 Å². The van der Waals surface area contributed by atoms with Gasteiger partial charge in [0.05, 0.1) is 6.42 Å². The summed E-state index contributed by atoms with van der Waals surface area (Å²) in [4.78, 5) is 10.1. The fraction of sp³-hybridized carbons (Fsp3) is 0.481. The molecule has 2 aliphatic rings. The molecule has 2 aromatic carbocycles. The van der Waals surface area contributed by atoms with Crippen molar-refractivity contribution in [2.24, 2.45) is 9.98 Å². The van der Waals surface area contributed by atoms with Gasteiger partial charge in [-0.25, -0.2) is 9.98 Å². The number of aliphatic imine (C=N–C) groups is 2. The SMILES string of the molecule is CCC1(CC)OC(CC2=N[C@H](c3ccccc3)C(CC)(CC)O2)=N[C@@H]1c1ccccc1.[Br][Ni][Br]. The molecule has 4 rings (SSSR count). The zero-order chi connectivity index (χ0) is 24.6. The molecule has 2 aliphatic heterocycles. The molecule has 2 atom stereocenters. The van der Waals surface area contributed by atoms with Gasteiger partial charge in [0.25, 0.3) is 0 Å². The molecule has 34 heavy (non-hydrogen) atoms. The predicted molar refractivity (Wildman–Crippen MR) is 145 cm³/mol. The molecule has 188 valence electrons. The molecule has 4 nitrogen and oxygen atoms in total. The van der Waals surface area contributed by atoms with Crippen molar-refractivity contribution in [2.45, 2.75) is 83.1 Å². The number of ether oxygens (including phenoxy) is 2. The minimum atomic E-state index is -0.304. The summed E-state index contributed by atoms with van der Waals surface area (Å²) >= 11 is 6.00. The first-order valence-corrected chi connectivity index (χ1v) is 16.8. The summed E-state index contributed by atoms with van der Waals surface area (Å²) < 4.78 is 13.1. The Morgan fingerprint density at radius 3 is 1.29 bits per heavy atom. The van der Waals surface area contributed by atoms with Gasteiger partial charge in [-0.2, -0.15) is 0 Å². The van der Waals surface area contributed by atoms with Crippen LogP contribution in [0.5, 0.6) is 0 Å². The second kappa shape index (κ2) is 12.7. The molecular weight excluding hydrogens is 603 g/mol. The molecule has 0 bridgehead atoms. The zero-order valence-electron chi connectivity index (χ0n) is 20.2. The Morgan fingerprint density at radius 1 is 0.676 bits per heavy atom. The molecule has 0 unspecified atom stereocenters. The van der Waals surface area contributed by atoms with Crippen LogP contribution in [-0.4, -0.2) is 23.0 Å². The molecule has 0 aromatic heterocycles. The quantitative estimate of drug-likeness (QED) is 0.273. The van der Waals surface area contributed by atoms with Gasteiger partial charge in [-0.05, 0) is 36.8 Å². The van der Waals surface area contributed by atoms with Crippen molar-refractivity contribution in [3.63, 3.8) is 0 Å². The van der Waals surface area contributed by atoms with Crippen LogP contribution in [-0.2, 0) is 20.4 Å². The monoisotopic (exact) mass is 634 g/mol. The van der Waals surface area contributed by atoms with Gasteiger partial charge in [-0.3, -0.25) is 0 Å². The second-order valence-corrected chi connectivity index (χ2v) is 13.6. The molecule has 0 fully saturated rings. The van der Waals surface area contributed by atoms with Crippen LogP contribution in [0.3, 0.4) is 0 Å². The zero-order valence-corrected chi connectivity index (χ0v) is 24.4. The van der Waals surface area contributed by atoms with Gasteiger partial charge in [0, 0.05) is 0 Å². The van der Waals surface area contributed by atoms with Crippen molar-refractivity contribution in [2.75, 3.05) is 0 Å². The van der Waals surface area contributed by atoms with Crippen molar-refractivity contribution < 1.29 is 20.4 Å². The van der Waals surface area contributed by atoms with Crippen LogP contribution in [0.15, 0.2) is 70.6 Å². The van der Waals surface area contributed by atoms with Crippen molar-refractivity contribution in [3.05, 3.63) is 71.8 Å². The van der Waals surface area contributed by atoms with Gasteiger partial charge in [0.1, 0.15) is 23.3 Å². The van der Waals surface area contributed by atoms with E-state index in [1.165, 1.54) is 22.0 Å². The molecular formula is C27H34Br2N2NiO2. The van der Waals surface area contributed by atoms with E-state index in [1.54, 1.807) is 0 Å². The van der Waals surface area contributed by atoms with E-state index in [0.717, 1.165) is 37.5 Å². The Balaban J connectivity index is 0.00000103. The van der Waals surface area contributed by atoms with E-state index in [-0.39, 0.29) is 23.3 Å². The van der Waals surface area contributed by atoms with Crippen LogP contribution in [0.1, 0.15) is 83.0 Å². The van der Waals surface area contributed by atoms with Gasteiger partial charge in [0.2, 0.25) is 0 Å². The molecule has 2 heterocycles. The van der Waals surface area contributed by atoms with Crippen molar-refractivity contribution in [3.8, 4) is 0 Å². The third-order valence-electron chi connectivity index (χ3n) is 7.11. The number of hydrogen-bond donors (Lipinski definition) is 0. The van der Waals surface area contributed by atoms with E-state index in [0.29, 0.717) is 6.42 Å². The standard InChI is InChI=1S/C27H34N2O2.2BrH.Ni/c1-5-26(6-2)24(20-15-11-9-12-16-20)28-22(30-26)19-23-29-25(21-17-13-10-14-18-21)27(7-3,8-4)31-23;;;/h9-18,24-25H,5-8,19H2,1-4H3;2*1H;/q;;;+2/p-2/t24-,25-;;;/m1.../s1. The van der Waals surface area contributed by atoms with Crippen LogP contribution < -0.4 is 0 Å². The number of halogens is 2. The van der Waals surface area contributed by atoms with Crippen LogP contribution in [0, 0.1) is 0 Å². The Morgan fingerprint density at radius 2 is 1.00 bits per heavy atom. The van der Waals surface area contributed by atoms with E-state index in [9.17, 15) is 0 Å². The summed E-state index contributed by atoms with van der Waals surface area (Å²) in [6, 6.07) is 21.0. The molecule has 7 heteroatoms. The Hall–Kier alpha value is -1.17. The maximum absolute atomic E-state index is 6.54. The van der Waals surface area contributed by atoms with E-state index < -0.39 is 0 Å². The molecule has 0 spiro atoms. The molecule has 0 saturated heterocycles. The van der Waals surface area contributed by atoms with Crippen LogP contribution in [0.4, 0.5) is 0 Å². The normalized spacial score (nSPS) is 22.2. The first-order chi connectivity index (χ1) is 16.5.